The molecule has 2 rings (SSSR count). The van der Waals surface area contributed by atoms with E-state index < -0.39 is 0 Å². The van der Waals surface area contributed by atoms with E-state index in [1.165, 1.54) is 0 Å². The van der Waals surface area contributed by atoms with Gasteiger partial charge in [-0.2, -0.15) is 0 Å². The maximum atomic E-state index is 5.80. The van der Waals surface area contributed by atoms with Gasteiger partial charge in [0.25, 0.3) is 0 Å². The second kappa shape index (κ2) is 6.01. The minimum atomic E-state index is 0.496. The third kappa shape index (κ3) is 3.03. The number of nitrogens with zero attached hydrogens (tertiary/aromatic N) is 3. The molecule has 7 heteroatoms. The summed E-state index contributed by atoms with van der Waals surface area (Å²) >= 11 is 4.83. The molecule has 0 fully saturated rings. The van der Waals surface area contributed by atoms with Crippen LogP contribution in [0.5, 0.6) is 0 Å². The Labute approximate surface area is 119 Å². The van der Waals surface area contributed by atoms with Crippen molar-refractivity contribution in [2.75, 3.05) is 6.26 Å². The Morgan fingerprint density at radius 3 is 2.61 bits per heavy atom. The first-order valence-electron chi connectivity index (χ1n) is 5.36. The molecule has 0 radical (unpaired) electrons. The Balaban J connectivity index is 2.32. The highest BCUT2D eigenvalue weighted by atomic mass is 32.2. The first-order valence-corrected chi connectivity index (χ1v) is 8.22. The Kier molecular flexibility index (Phi) is 4.60. The smallest absolute Gasteiger partial charge is 0.179 e. The van der Waals surface area contributed by atoms with Crippen LogP contribution in [-0.2, 0) is 6.54 Å². The predicted octanol–water partition coefficient (Wildman–Crippen LogP) is 2.88. The lowest BCUT2D eigenvalue weighted by Crippen LogP contribution is -2.04. The van der Waals surface area contributed by atoms with Gasteiger partial charge in [-0.15, -0.1) is 10.2 Å². The van der Waals surface area contributed by atoms with E-state index >= 15 is 0 Å². The highest BCUT2D eigenvalue weighted by Gasteiger charge is 2.11. The molecule has 0 aromatic carbocycles. The summed E-state index contributed by atoms with van der Waals surface area (Å²) in [5.41, 5.74) is 8.88. The normalized spacial score (nSPS) is 10.9. The van der Waals surface area contributed by atoms with Gasteiger partial charge in [0.15, 0.2) is 8.68 Å². The number of aromatic nitrogens is 3. The minimum absolute atomic E-state index is 0.496. The fourth-order valence-corrected chi connectivity index (χ4v) is 4.26. The van der Waals surface area contributed by atoms with Crippen LogP contribution in [0.15, 0.2) is 19.6 Å². The number of nitrogens with two attached hydrogens (primary N) is 1. The lowest BCUT2D eigenvalue weighted by molar-refractivity contribution is 0.936. The van der Waals surface area contributed by atoms with Gasteiger partial charge in [0.05, 0.1) is 0 Å². The predicted molar refractivity (Wildman–Crippen MR) is 77.4 cm³/mol. The summed E-state index contributed by atoms with van der Waals surface area (Å²) in [6, 6.07) is 2.06. The van der Waals surface area contributed by atoms with Crippen molar-refractivity contribution in [2.24, 2.45) is 5.73 Å². The van der Waals surface area contributed by atoms with E-state index in [1.807, 2.05) is 20.1 Å². The zero-order valence-electron chi connectivity index (χ0n) is 10.4. The quantitative estimate of drug-likeness (QED) is 0.876. The van der Waals surface area contributed by atoms with Gasteiger partial charge in [-0.1, -0.05) is 34.9 Å². The molecule has 96 valence electrons. The largest absolute Gasteiger partial charge is 0.326 e. The summed E-state index contributed by atoms with van der Waals surface area (Å²) in [6.45, 7) is 4.48. The molecule has 4 nitrogen and oxygen atoms in total. The van der Waals surface area contributed by atoms with Gasteiger partial charge in [0.1, 0.15) is 0 Å². The Bertz CT molecular complexity index is 553. The van der Waals surface area contributed by atoms with Crippen LogP contribution in [0.25, 0.3) is 0 Å². The Hall–Kier alpha value is -0.630. The highest BCUT2D eigenvalue weighted by Crippen LogP contribution is 2.35. The molecule has 0 aliphatic heterocycles. The van der Waals surface area contributed by atoms with E-state index in [4.69, 9.17) is 5.73 Å². The van der Waals surface area contributed by atoms with E-state index in [-0.39, 0.29) is 0 Å². The summed E-state index contributed by atoms with van der Waals surface area (Å²) in [6.07, 6.45) is 2.00. The third-order valence-electron chi connectivity index (χ3n) is 2.38. The molecule has 0 amide bonds. The first kappa shape index (κ1) is 13.8. The molecule has 0 aliphatic carbocycles. The van der Waals surface area contributed by atoms with Gasteiger partial charge < -0.3 is 5.73 Å². The van der Waals surface area contributed by atoms with Crippen molar-refractivity contribution in [3.63, 3.8) is 0 Å². The van der Waals surface area contributed by atoms with Gasteiger partial charge in [-0.05, 0) is 26.2 Å². The van der Waals surface area contributed by atoms with Crippen molar-refractivity contribution in [2.45, 2.75) is 34.0 Å². The zero-order valence-corrected chi connectivity index (χ0v) is 12.9. The molecule has 0 atom stereocenters. The maximum Gasteiger partial charge on any atom is 0.179 e. The van der Waals surface area contributed by atoms with Crippen molar-refractivity contribution in [1.29, 1.82) is 0 Å². The summed E-state index contributed by atoms with van der Waals surface area (Å²) < 4.78 is 1.92. The van der Waals surface area contributed by atoms with Crippen molar-refractivity contribution < 1.29 is 0 Å². The monoisotopic (exact) mass is 298 g/mol. The zero-order chi connectivity index (χ0) is 13.1. The summed E-state index contributed by atoms with van der Waals surface area (Å²) in [5.74, 6) is 0. The summed E-state index contributed by atoms with van der Waals surface area (Å²) in [5, 5.41) is 8.26. The van der Waals surface area contributed by atoms with E-state index in [9.17, 15) is 0 Å². The van der Waals surface area contributed by atoms with Crippen molar-refractivity contribution >= 4 is 34.9 Å². The second-order valence-corrected chi connectivity index (χ2v) is 6.99. The fraction of sp³-hybridized carbons (Fsp3) is 0.364. The average molecular weight is 298 g/mol. The van der Waals surface area contributed by atoms with Gasteiger partial charge in [0.2, 0.25) is 0 Å². The molecular formula is C11H14N4S3. The summed E-state index contributed by atoms with van der Waals surface area (Å²) in [7, 11) is 0. The van der Waals surface area contributed by atoms with Gasteiger partial charge in [0, 0.05) is 28.4 Å². The van der Waals surface area contributed by atoms with E-state index in [0.29, 0.717) is 6.54 Å². The topological polar surface area (TPSA) is 64.7 Å². The summed E-state index contributed by atoms with van der Waals surface area (Å²) in [4.78, 5) is 5.57. The van der Waals surface area contributed by atoms with Gasteiger partial charge in [-0.3, -0.25) is 4.98 Å². The van der Waals surface area contributed by atoms with Crippen LogP contribution >= 0.6 is 34.9 Å². The Morgan fingerprint density at radius 2 is 2.00 bits per heavy atom. The maximum absolute atomic E-state index is 5.80. The lowest BCUT2D eigenvalue weighted by atomic mass is 10.2. The van der Waals surface area contributed by atoms with Crippen molar-refractivity contribution in [1.82, 2.24) is 15.2 Å². The molecule has 0 aliphatic rings. The molecule has 2 heterocycles. The number of pyridine rings is 1. The fourth-order valence-electron chi connectivity index (χ4n) is 1.57. The lowest BCUT2D eigenvalue weighted by Gasteiger charge is -2.09. The number of rotatable bonds is 4. The van der Waals surface area contributed by atoms with Crippen molar-refractivity contribution in [3.05, 3.63) is 23.0 Å². The molecule has 0 saturated carbocycles. The standard InChI is InChI=1S/C11H14N4S3/c1-6-4-9(8(5-12)7(2)13-6)17-11-15-14-10(16-3)18-11/h4H,5,12H2,1-3H3. The third-order valence-corrected chi connectivity index (χ3v) is 5.42. The molecule has 18 heavy (non-hydrogen) atoms. The van der Waals surface area contributed by atoms with Gasteiger partial charge in [-0.25, -0.2) is 0 Å². The molecule has 0 bridgehead atoms. The van der Waals surface area contributed by atoms with Gasteiger partial charge >= 0.3 is 0 Å². The molecule has 2 aromatic heterocycles. The van der Waals surface area contributed by atoms with Crippen LogP contribution in [0.3, 0.4) is 0 Å². The Morgan fingerprint density at radius 1 is 1.28 bits per heavy atom. The van der Waals surface area contributed by atoms with Crippen LogP contribution in [0.2, 0.25) is 0 Å². The number of thioether (sulfide) groups is 1. The van der Waals surface area contributed by atoms with Crippen molar-refractivity contribution in [3.8, 4) is 0 Å². The highest BCUT2D eigenvalue weighted by molar-refractivity contribution is 8.03. The SMILES string of the molecule is CSc1nnc(Sc2cc(C)nc(C)c2CN)s1. The van der Waals surface area contributed by atoms with Crippen LogP contribution < -0.4 is 5.73 Å². The van der Waals surface area contributed by atoms with E-state index in [1.54, 1.807) is 34.9 Å². The average Bonchev–Trinajstić information content (AvgIpc) is 2.76. The first-order chi connectivity index (χ1) is 8.63. The second-order valence-electron chi connectivity index (χ2n) is 3.67. The number of hydrogen-bond donors (Lipinski definition) is 1. The van der Waals surface area contributed by atoms with Crippen LogP contribution in [0.4, 0.5) is 0 Å². The van der Waals surface area contributed by atoms with Crippen LogP contribution in [-0.4, -0.2) is 21.4 Å². The molecule has 2 N–H and O–H groups in total. The molecule has 0 unspecified atom stereocenters. The molecule has 0 spiro atoms. The molecule has 0 saturated heterocycles. The number of hydrogen-bond acceptors (Lipinski definition) is 7. The van der Waals surface area contributed by atoms with Crippen LogP contribution in [0, 0.1) is 13.8 Å². The molecular weight excluding hydrogens is 284 g/mol. The minimum Gasteiger partial charge on any atom is -0.326 e. The number of aryl methyl sites for hydroxylation is 2. The molecule has 2 aromatic rings. The van der Waals surface area contributed by atoms with E-state index in [2.05, 4.69) is 21.2 Å². The van der Waals surface area contributed by atoms with E-state index in [0.717, 1.165) is 30.5 Å². The van der Waals surface area contributed by atoms with Crippen LogP contribution in [0.1, 0.15) is 17.0 Å².